The van der Waals surface area contributed by atoms with E-state index in [9.17, 15) is 44.4 Å². The largest absolute Gasteiger partial charge is 0.508 e. The average molecular weight is 591 g/mol. The van der Waals surface area contributed by atoms with E-state index in [0.29, 0.717) is 31.2 Å². The number of aliphatic hydroxyl groups is 1. The minimum Gasteiger partial charge on any atom is -0.508 e. The van der Waals surface area contributed by atoms with Crippen molar-refractivity contribution in [3.05, 3.63) is 42.0 Å². The van der Waals surface area contributed by atoms with Crippen LogP contribution in [0.25, 0.3) is 0 Å². The molecule has 1 aromatic rings. The van der Waals surface area contributed by atoms with Crippen LogP contribution in [-0.2, 0) is 30.4 Å². The first kappa shape index (κ1) is 36.3. The molecule has 0 aliphatic carbocycles. The molecule has 0 unspecified atom stereocenters. The molecule has 11 heteroatoms. The molecule has 0 spiro atoms. The van der Waals surface area contributed by atoms with Gasteiger partial charge in [-0.15, -0.1) is 0 Å². The van der Waals surface area contributed by atoms with Gasteiger partial charge in [0.15, 0.2) is 5.60 Å². The smallest absolute Gasteiger partial charge is 0.337 e. The third kappa shape index (κ3) is 13.8. The van der Waals surface area contributed by atoms with Crippen molar-refractivity contribution in [1.29, 1.82) is 0 Å². The van der Waals surface area contributed by atoms with Crippen molar-refractivity contribution in [2.45, 2.75) is 108 Å². The van der Waals surface area contributed by atoms with Crippen molar-refractivity contribution in [2.24, 2.45) is 11.7 Å². The number of hydrogen-bond acceptors (Lipinski definition) is 7. The summed E-state index contributed by atoms with van der Waals surface area (Å²) in [5.74, 6) is -7.10. The highest BCUT2D eigenvalue weighted by atomic mass is 16.4. The number of amides is 2. The van der Waals surface area contributed by atoms with Gasteiger partial charge in [0.1, 0.15) is 17.6 Å². The molecule has 0 heterocycles. The molecular formula is C31H46N2O9. The molecule has 2 amide bonds. The molecule has 11 nitrogen and oxygen atoms in total. The third-order valence-electron chi connectivity index (χ3n) is 7.09. The summed E-state index contributed by atoms with van der Waals surface area (Å²) in [5.41, 5.74) is 2.99. The number of ketones is 1. The normalized spacial score (nSPS) is 14.1. The van der Waals surface area contributed by atoms with Crippen LogP contribution in [0.15, 0.2) is 36.4 Å². The molecule has 234 valence electrons. The van der Waals surface area contributed by atoms with E-state index < -0.39 is 47.7 Å². The summed E-state index contributed by atoms with van der Waals surface area (Å²) in [6.07, 6.45) is 11.5. The second-order valence-electron chi connectivity index (χ2n) is 10.7. The predicted octanol–water partition coefficient (Wildman–Crippen LogP) is 3.64. The Labute approximate surface area is 247 Å². The number of aromatic hydroxyl groups is 1. The number of primary amides is 1. The molecule has 7 N–H and O–H groups in total. The first-order valence-corrected chi connectivity index (χ1v) is 14.6. The van der Waals surface area contributed by atoms with Gasteiger partial charge in [-0.25, -0.2) is 4.79 Å². The van der Waals surface area contributed by atoms with Crippen LogP contribution in [0.2, 0.25) is 0 Å². The van der Waals surface area contributed by atoms with Crippen LogP contribution in [0.1, 0.15) is 96.0 Å². The summed E-state index contributed by atoms with van der Waals surface area (Å²) in [6, 6.07) is 4.49. The number of carboxylic acid groups (broad SMARTS) is 2. The van der Waals surface area contributed by atoms with Gasteiger partial charge < -0.3 is 31.5 Å². The Morgan fingerprint density at radius 3 is 2.00 bits per heavy atom. The summed E-state index contributed by atoms with van der Waals surface area (Å²) in [6.45, 7) is 2.15. The molecule has 0 radical (unpaired) electrons. The zero-order valence-corrected chi connectivity index (χ0v) is 24.4. The Hall–Kier alpha value is -3.73. The van der Waals surface area contributed by atoms with Crippen LogP contribution in [0, 0.1) is 5.92 Å². The van der Waals surface area contributed by atoms with E-state index in [1.54, 1.807) is 0 Å². The number of unbranched alkanes of at least 4 members (excludes halogenated alkanes) is 8. The van der Waals surface area contributed by atoms with E-state index in [2.05, 4.69) is 12.2 Å². The lowest BCUT2D eigenvalue weighted by Gasteiger charge is -2.29. The maximum atomic E-state index is 13.2. The van der Waals surface area contributed by atoms with E-state index in [-0.39, 0.29) is 18.0 Å². The molecular weight excluding hydrogens is 544 g/mol. The molecule has 0 saturated heterocycles. The summed E-state index contributed by atoms with van der Waals surface area (Å²) in [7, 11) is 0. The van der Waals surface area contributed by atoms with Gasteiger partial charge >= 0.3 is 11.9 Å². The monoisotopic (exact) mass is 590 g/mol. The minimum atomic E-state index is -2.98. The molecule has 0 fully saturated rings. The zero-order valence-electron chi connectivity index (χ0n) is 24.4. The second kappa shape index (κ2) is 19.4. The lowest BCUT2D eigenvalue weighted by molar-refractivity contribution is -0.172. The van der Waals surface area contributed by atoms with Gasteiger partial charge in [0.2, 0.25) is 11.8 Å². The summed E-state index contributed by atoms with van der Waals surface area (Å²) < 4.78 is 0. The molecule has 0 bridgehead atoms. The van der Waals surface area contributed by atoms with Gasteiger partial charge in [0, 0.05) is 19.3 Å². The maximum Gasteiger partial charge on any atom is 0.337 e. The summed E-state index contributed by atoms with van der Waals surface area (Å²) >= 11 is 0. The number of carboxylic acids is 2. The van der Waals surface area contributed by atoms with E-state index in [1.165, 1.54) is 36.8 Å². The van der Waals surface area contributed by atoms with Gasteiger partial charge in [-0.05, 0) is 43.4 Å². The number of hydrogen-bond donors (Lipinski definition) is 6. The SMILES string of the molecule is CCCCCCCC(=O)CCCCCC/C=C/[C@H](C(=O)N[C@@H](Cc1ccc(O)cc1)C(N)=O)[C@@](O)(CC(=O)O)C(=O)O. The highest BCUT2D eigenvalue weighted by Crippen LogP contribution is 2.26. The Morgan fingerprint density at radius 1 is 0.905 bits per heavy atom. The van der Waals surface area contributed by atoms with Gasteiger partial charge in [-0.2, -0.15) is 0 Å². The van der Waals surface area contributed by atoms with Crippen LogP contribution in [0.5, 0.6) is 5.75 Å². The molecule has 42 heavy (non-hydrogen) atoms. The van der Waals surface area contributed by atoms with Crippen molar-refractivity contribution in [1.82, 2.24) is 5.32 Å². The van der Waals surface area contributed by atoms with Crippen molar-refractivity contribution in [3.63, 3.8) is 0 Å². The maximum absolute atomic E-state index is 13.2. The number of Topliss-reactive ketones (excluding diaryl/α,β-unsaturated/α-hetero) is 1. The van der Waals surface area contributed by atoms with Crippen molar-refractivity contribution in [2.75, 3.05) is 0 Å². The van der Waals surface area contributed by atoms with Crippen LogP contribution in [0.3, 0.4) is 0 Å². The third-order valence-corrected chi connectivity index (χ3v) is 7.09. The number of allylic oxidation sites excluding steroid dienone is 1. The Kier molecular flexibility index (Phi) is 16.8. The fourth-order valence-corrected chi connectivity index (χ4v) is 4.59. The van der Waals surface area contributed by atoms with Gasteiger partial charge in [-0.1, -0.05) is 69.7 Å². The number of nitrogens with one attached hydrogen (secondary N) is 1. The molecule has 1 aromatic carbocycles. The fourth-order valence-electron chi connectivity index (χ4n) is 4.59. The van der Waals surface area contributed by atoms with Crippen LogP contribution in [-0.4, -0.2) is 61.6 Å². The first-order valence-electron chi connectivity index (χ1n) is 14.6. The van der Waals surface area contributed by atoms with Crippen LogP contribution >= 0.6 is 0 Å². The lowest BCUT2D eigenvalue weighted by atomic mass is 9.82. The number of phenolic OH excluding ortho intramolecular Hbond substituents is 1. The standard InChI is InChI=1S/C31H46N2O9/c1-2-3-4-7-10-13-23(34)14-11-8-5-6-9-12-15-25(31(42,30(40)41)21-27(36)37)29(39)33-26(28(32)38)20-22-16-18-24(35)19-17-22/h12,15-19,25-26,35,42H,2-11,13-14,20-21H2,1H3,(H2,32,38)(H,33,39)(H,36,37)(H,40,41)/b15-12+/t25-,26+,31+/m1/s1. The minimum absolute atomic E-state index is 0.00883. The first-order chi connectivity index (χ1) is 19.9. The highest BCUT2D eigenvalue weighted by Gasteiger charge is 2.49. The van der Waals surface area contributed by atoms with Crippen LogP contribution in [0.4, 0.5) is 0 Å². The number of carbonyl (C=O) groups excluding carboxylic acids is 3. The molecule has 0 aliphatic heterocycles. The molecule has 1 rings (SSSR count). The van der Waals surface area contributed by atoms with E-state index in [0.717, 1.165) is 51.0 Å². The quantitative estimate of drug-likeness (QED) is 0.0812. The van der Waals surface area contributed by atoms with Crippen LogP contribution < -0.4 is 11.1 Å². The number of phenols is 1. The lowest BCUT2D eigenvalue weighted by Crippen LogP contribution is -2.56. The van der Waals surface area contributed by atoms with E-state index in [4.69, 9.17) is 5.73 Å². The van der Waals surface area contributed by atoms with E-state index >= 15 is 0 Å². The summed E-state index contributed by atoms with van der Waals surface area (Å²) in [4.78, 5) is 60.6. The van der Waals surface area contributed by atoms with Crippen molar-refractivity contribution < 1.29 is 44.4 Å². The predicted molar refractivity (Wildman–Crippen MR) is 156 cm³/mol. The Balaban J connectivity index is 2.77. The number of rotatable bonds is 23. The van der Waals surface area contributed by atoms with E-state index in [1.807, 2.05) is 0 Å². The molecule has 3 atom stereocenters. The number of nitrogens with two attached hydrogens (primary N) is 1. The summed E-state index contributed by atoms with van der Waals surface area (Å²) in [5, 5.41) is 41.5. The topological polar surface area (TPSA) is 204 Å². The number of aliphatic carboxylic acids is 2. The molecule has 0 saturated carbocycles. The molecule has 0 aliphatic rings. The van der Waals surface area contributed by atoms with Gasteiger partial charge in [0.05, 0.1) is 12.3 Å². The molecule has 0 aromatic heterocycles. The fraction of sp³-hybridized carbons (Fsp3) is 0.581. The second-order valence-corrected chi connectivity index (χ2v) is 10.7. The Bertz CT molecular complexity index is 1050. The number of carbonyl (C=O) groups is 5. The Morgan fingerprint density at radius 2 is 1.48 bits per heavy atom. The zero-order chi connectivity index (χ0) is 31.5. The number of benzene rings is 1. The van der Waals surface area contributed by atoms with Gasteiger partial charge in [-0.3, -0.25) is 19.2 Å². The van der Waals surface area contributed by atoms with Gasteiger partial charge in [0.25, 0.3) is 0 Å². The average Bonchev–Trinajstić information content (AvgIpc) is 2.92. The highest BCUT2D eigenvalue weighted by molar-refractivity contribution is 5.95. The van der Waals surface area contributed by atoms with Crippen molar-refractivity contribution >= 4 is 29.5 Å². The van der Waals surface area contributed by atoms with Crippen molar-refractivity contribution in [3.8, 4) is 5.75 Å².